The number of allylic oxidation sites excluding steroid dienone is 1. The molecule has 0 saturated carbocycles. The van der Waals surface area contributed by atoms with Gasteiger partial charge in [0.05, 0.1) is 18.2 Å². The van der Waals surface area contributed by atoms with Gasteiger partial charge in [0.25, 0.3) is 0 Å². The zero-order valence-corrected chi connectivity index (χ0v) is 21.7. The smallest absolute Gasteiger partial charge is 0.123 e. The molecule has 3 aromatic carbocycles. The number of halogens is 1. The first-order chi connectivity index (χ1) is 18.6. The number of fused-ring (bicyclic) bond motifs is 2. The molecular weight excluding hydrogens is 473 g/mol. The first kappa shape index (κ1) is 24.6. The van der Waals surface area contributed by atoms with E-state index in [1.165, 1.54) is 34.2 Å². The van der Waals surface area contributed by atoms with E-state index >= 15 is 0 Å². The minimum absolute atomic E-state index is 0.251. The van der Waals surface area contributed by atoms with Crippen LogP contribution < -0.4 is 0 Å². The Balaban J connectivity index is 1.15. The van der Waals surface area contributed by atoms with Crippen molar-refractivity contribution in [3.05, 3.63) is 113 Å². The molecule has 0 radical (unpaired) electrons. The van der Waals surface area contributed by atoms with Crippen molar-refractivity contribution in [2.24, 2.45) is 0 Å². The number of nitrogens with zero attached hydrogens (tertiary/aromatic N) is 2. The van der Waals surface area contributed by atoms with Crippen LogP contribution in [0.2, 0.25) is 0 Å². The largest absolute Gasteiger partial charge is 0.361 e. The molecule has 0 spiro atoms. The summed E-state index contributed by atoms with van der Waals surface area (Å²) in [5.74, 6) is -0.251. The van der Waals surface area contributed by atoms with Crippen LogP contribution in [-0.4, -0.2) is 29.5 Å². The van der Waals surface area contributed by atoms with Crippen molar-refractivity contribution in [3.63, 3.8) is 0 Å². The van der Waals surface area contributed by atoms with Crippen LogP contribution in [0.5, 0.6) is 0 Å². The Morgan fingerprint density at radius 2 is 1.97 bits per heavy atom. The van der Waals surface area contributed by atoms with Crippen molar-refractivity contribution in [1.82, 2.24) is 9.88 Å². The maximum Gasteiger partial charge on any atom is 0.123 e. The third-order valence-electron chi connectivity index (χ3n) is 8.44. The van der Waals surface area contributed by atoms with E-state index in [1.54, 1.807) is 0 Å². The summed E-state index contributed by atoms with van der Waals surface area (Å²) in [5.41, 5.74) is 7.09. The highest BCUT2D eigenvalue weighted by molar-refractivity contribution is 5.92. The number of H-pyrrole nitrogens is 1. The molecule has 2 atom stereocenters. The molecular formula is C33H32FN3O. The number of nitrogens with one attached hydrogen (secondary N) is 1. The summed E-state index contributed by atoms with van der Waals surface area (Å²) >= 11 is 0. The summed E-state index contributed by atoms with van der Waals surface area (Å²) in [7, 11) is 2.22. The van der Waals surface area contributed by atoms with Crippen molar-refractivity contribution in [2.45, 2.75) is 50.4 Å². The lowest BCUT2D eigenvalue weighted by atomic mass is 9.81. The summed E-state index contributed by atoms with van der Waals surface area (Å²) in [6.45, 7) is 1.42. The summed E-state index contributed by atoms with van der Waals surface area (Å²) in [4.78, 5) is 5.89. The lowest BCUT2D eigenvalue weighted by Gasteiger charge is -2.34. The molecule has 1 aliphatic carbocycles. The summed E-state index contributed by atoms with van der Waals surface area (Å²) in [5, 5.41) is 10.6. The molecule has 192 valence electrons. The van der Waals surface area contributed by atoms with Gasteiger partial charge in [0.1, 0.15) is 11.4 Å². The fraction of sp³-hybridized carbons (Fsp3) is 0.303. The minimum atomic E-state index is -0.618. The number of rotatable bonds is 7. The van der Waals surface area contributed by atoms with Gasteiger partial charge in [-0.1, -0.05) is 42.5 Å². The molecule has 1 N–H and O–H groups in total. The normalized spacial score (nSPS) is 20.9. The first-order valence-electron chi connectivity index (χ1n) is 13.5. The molecule has 38 heavy (non-hydrogen) atoms. The summed E-state index contributed by atoms with van der Waals surface area (Å²) in [6.07, 6.45) is 9.58. The molecule has 2 aliphatic rings. The average molecular weight is 506 g/mol. The predicted molar refractivity (Wildman–Crippen MR) is 149 cm³/mol. The van der Waals surface area contributed by atoms with E-state index < -0.39 is 5.60 Å². The highest BCUT2D eigenvalue weighted by Crippen LogP contribution is 2.45. The second-order valence-corrected chi connectivity index (χ2v) is 10.6. The van der Waals surface area contributed by atoms with Crippen LogP contribution in [0.1, 0.15) is 59.9 Å². The molecule has 1 aliphatic heterocycles. The number of aromatic nitrogens is 1. The third-order valence-corrected chi connectivity index (χ3v) is 8.44. The summed E-state index contributed by atoms with van der Waals surface area (Å²) in [6, 6.07) is 23.7. The van der Waals surface area contributed by atoms with Crippen molar-refractivity contribution in [1.29, 1.82) is 5.26 Å². The maximum absolute atomic E-state index is 13.8. The zero-order valence-electron chi connectivity index (χ0n) is 21.7. The predicted octanol–water partition coefficient (Wildman–Crippen LogP) is 7.30. The van der Waals surface area contributed by atoms with E-state index in [9.17, 15) is 9.65 Å². The number of ether oxygens (including phenoxy) is 1. The maximum atomic E-state index is 13.8. The first-order valence-corrected chi connectivity index (χ1v) is 13.5. The Kier molecular flexibility index (Phi) is 6.61. The van der Waals surface area contributed by atoms with Crippen LogP contribution in [0.25, 0.3) is 16.5 Å². The van der Waals surface area contributed by atoms with Crippen LogP contribution >= 0.6 is 0 Å². The number of aromatic amines is 1. The molecule has 6 rings (SSSR count). The fourth-order valence-electron chi connectivity index (χ4n) is 6.33. The van der Waals surface area contributed by atoms with Gasteiger partial charge in [-0.2, -0.15) is 5.26 Å². The van der Waals surface area contributed by atoms with E-state index in [0.29, 0.717) is 18.2 Å². The molecule has 0 bridgehead atoms. The topological polar surface area (TPSA) is 52.0 Å². The third kappa shape index (κ3) is 4.45. The molecule has 2 heterocycles. The molecule has 2 unspecified atom stereocenters. The number of benzene rings is 3. The SMILES string of the molecule is CN(CCCC1(c2ccc(F)cc2)OCc2cc(C#N)ccc21)C1CC=C(c2c[nH]c3ccccc23)CC1. The Bertz CT molecular complexity index is 1530. The second-order valence-electron chi connectivity index (χ2n) is 10.6. The fourth-order valence-corrected chi connectivity index (χ4v) is 6.33. The quantitative estimate of drug-likeness (QED) is 0.287. The number of hydrogen-bond donors (Lipinski definition) is 1. The van der Waals surface area contributed by atoms with Gasteiger partial charge in [-0.3, -0.25) is 0 Å². The van der Waals surface area contributed by atoms with Gasteiger partial charge in [-0.25, -0.2) is 4.39 Å². The van der Waals surface area contributed by atoms with Crippen LogP contribution in [0.4, 0.5) is 4.39 Å². The van der Waals surface area contributed by atoms with Crippen molar-refractivity contribution < 1.29 is 9.13 Å². The van der Waals surface area contributed by atoms with Crippen molar-refractivity contribution in [2.75, 3.05) is 13.6 Å². The number of hydrogen-bond acceptors (Lipinski definition) is 3. The molecule has 0 saturated heterocycles. The summed E-state index contributed by atoms with van der Waals surface area (Å²) < 4.78 is 20.3. The lowest BCUT2D eigenvalue weighted by Crippen LogP contribution is -2.35. The lowest BCUT2D eigenvalue weighted by molar-refractivity contribution is -0.0148. The molecule has 1 aromatic heterocycles. The van der Waals surface area contributed by atoms with E-state index in [0.717, 1.165) is 55.3 Å². The molecule has 0 amide bonds. The Hall–Kier alpha value is -3.72. The number of para-hydroxylation sites is 1. The highest BCUT2D eigenvalue weighted by Gasteiger charge is 2.41. The van der Waals surface area contributed by atoms with Gasteiger partial charge in [0.2, 0.25) is 0 Å². The van der Waals surface area contributed by atoms with Crippen LogP contribution in [0, 0.1) is 17.1 Å². The van der Waals surface area contributed by atoms with Crippen molar-refractivity contribution in [3.8, 4) is 6.07 Å². The standard InChI is InChI=1S/C33H32FN3O/c1-37(28-14-8-24(9-15-28)30-21-36-32-6-3-2-5-29(30)32)18-4-17-33(26-10-12-27(34)13-11-26)31-16-7-23(20-35)19-25(31)22-38-33/h2-3,5-8,10-13,16,19,21,28,36H,4,9,14-15,17-18,22H2,1H3. The molecule has 5 heteroatoms. The van der Waals surface area contributed by atoms with Crippen LogP contribution in [0.15, 0.2) is 79.0 Å². The van der Waals surface area contributed by atoms with Gasteiger partial charge in [0, 0.05) is 28.7 Å². The van der Waals surface area contributed by atoms with Gasteiger partial charge in [-0.15, -0.1) is 0 Å². The zero-order chi connectivity index (χ0) is 26.1. The van der Waals surface area contributed by atoms with E-state index in [2.05, 4.69) is 59.5 Å². The molecule has 0 fully saturated rings. The average Bonchev–Trinajstić information content (AvgIpc) is 3.55. The Morgan fingerprint density at radius 3 is 2.76 bits per heavy atom. The van der Waals surface area contributed by atoms with Gasteiger partial charge in [-0.05, 0) is 98.3 Å². The van der Waals surface area contributed by atoms with E-state index in [1.807, 2.05) is 30.3 Å². The highest BCUT2D eigenvalue weighted by atomic mass is 19.1. The van der Waals surface area contributed by atoms with E-state index in [-0.39, 0.29) is 5.82 Å². The van der Waals surface area contributed by atoms with Gasteiger partial charge < -0.3 is 14.6 Å². The van der Waals surface area contributed by atoms with Gasteiger partial charge >= 0.3 is 0 Å². The Labute approximate surface area is 223 Å². The Morgan fingerprint density at radius 1 is 1.13 bits per heavy atom. The van der Waals surface area contributed by atoms with E-state index in [4.69, 9.17) is 4.74 Å². The second kappa shape index (κ2) is 10.2. The molecule has 4 aromatic rings. The monoisotopic (exact) mass is 505 g/mol. The van der Waals surface area contributed by atoms with Gasteiger partial charge in [0.15, 0.2) is 0 Å². The van der Waals surface area contributed by atoms with Crippen LogP contribution in [-0.2, 0) is 16.9 Å². The van der Waals surface area contributed by atoms with Crippen molar-refractivity contribution >= 4 is 16.5 Å². The van der Waals surface area contributed by atoms with Crippen LogP contribution in [0.3, 0.4) is 0 Å². The molecule has 4 nitrogen and oxygen atoms in total. The minimum Gasteiger partial charge on any atom is -0.361 e. The number of nitriles is 1.